The monoisotopic (exact) mass is 318 g/mol. The first-order valence-corrected chi connectivity index (χ1v) is 7.44. The van der Waals surface area contributed by atoms with Crippen molar-refractivity contribution in [3.8, 4) is 0 Å². The van der Waals surface area contributed by atoms with Gasteiger partial charge in [0.25, 0.3) is 10.1 Å². The third-order valence-corrected chi connectivity index (χ3v) is 5.65. The van der Waals surface area contributed by atoms with Gasteiger partial charge in [0.05, 0.1) is 6.61 Å². The maximum Gasteiger partial charge on any atom is 1.00 e. The van der Waals surface area contributed by atoms with Gasteiger partial charge in [0.2, 0.25) is 4.58 Å². The number of thiol groups is 2. The van der Waals surface area contributed by atoms with Crippen LogP contribution in [0.5, 0.6) is 0 Å². The molecule has 1 atom stereocenters. The van der Waals surface area contributed by atoms with Gasteiger partial charge < -0.3 is 1.43 Å². The second-order valence-electron chi connectivity index (χ2n) is 2.21. The Balaban J connectivity index is -0.000000980. The molecular weight excluding hydrogens is 307 g/mol. The molecule has 0 saturated heterocycles. The van der Waals surface area contributed by atoms with Crippen molar-refractivity contribution >= 4 is 45.8 Å². The summed E-state index contributed by atoms with van der Waals surface area (Å²) in [5.74, 6) is 0.130. The van der Waals surface area contributed by atoms with E-state index in [9.17, 15) is 16.8 Å². The summed E-state index contributed by atoms with van der Waals surface area (Å²) in [6, 6.07) is 0. The standard InChI is InChI=1S/C5H10O6S4.Na.H/c1-2-5(15(8,9)11-13)14(6,7)10-3-4-12;;/h2,5,12-13H,1,3-4H2;;/q;+1;-1. The molecule has 0 radical (unpaired) electrons. The van der Waals surface area contributed by atoms with Crippen LogP contribution >= 0.6 is 25.5 Å². The van der Waals surface area contributed by atoms with Crippen molar-refractivity contribution in [2.24, 2.45) is 0 Å². The van der Waals surface area contributed by atoms with Gasteiger partial charge in [0.1, 0.15) is 0 Å². The van der Waals surface area contributed by atoms with Crippen LogP contribution in [0.15, 0.2) is 12.7 Å². The van der Waals surface area contributed by atoms with E-state index in [0.29, 0.717) is 6.08 Å². The van der Waals surface area contributed by atoms with Gasteiger partial charge in [0.15, 0.2) is 0 Å². The first kappa shape index (κ1) is 19.6. The molecule has 0 bridgehead atoms. The number of hydrogen-bond donors (Lipinski definition) is 2. The van der Waals surface area contributed by atoms with E-state index in [-0.39, 0.29) is 43.3 Å². The summed E-state index contributed by atoms with van der Waals surface area (Å²) in [5, 5.41) is 0. The maximum atomic E-state index is 11.3. The molecule has 0 aromatic heterocycles. The van der Waals surface area contributed by atoms with E-state index in [1.54, 1.807) is 0 Å². The predicted octanol–water partition coefficient (Wildman–Crippen LogP) is -2.92. The molecule has 0 aliphatic rings. The zero-order chi connectivity index (χ0) is 12.1. The minimum atomic E-state index is -4.39. The summed E-state index contributed by atoms with van der Waals surface area (Å²) in [5.41, 5.74) is 0. The van der Waals surface area contributed by atoms with E-state index in [1.165, 1.54) is 0 Å². The van der Waals surface area contributed by atoms with Gasteiger partial charge in [-0.3, -0.25) is 4.18 Å². The average Bonchev–Trinajstić information content (AvgIpc) is 2.15. The van der Waals surface area contributed by atoms with Crippen LogP contribution in [0, 0.1) is 0 Å². The number of hydrogen-bond acceptors (Lipinski definition) is 8. The van der Waals surface area contributed by atoms with Crippen molar-refractivity contribution in [2.45, 2.75) is 4.58 Å². The first-order chi connectivity index (χ1) is 6.81. The van der Waals surface area contributed by atoms with Crippen LogP contribution in [0.2, 0.25) is 0 Å². The van der Waals surface area contributed by atoms with E-state index in [2.05, 4.69) is 39.9 Å². The summed E-state index contributed by atoms with van der Waals surface area (Å²) >= 11 is 6.76. The third-order valence-electron chi connectivity index (χ3n) is 1.20. The summed E-state index contributed by atoms with van der Waals surface area (Å²) in [6.07, 6.45) is 0.680. The van der Waals surface area contributed by atoms with Gasteiger partial charge >= 0.3 is 39.7 Å². The van der Waals surface area contributed by atoms with Crippen molar-refractivity contribution in [2.75, 3.05) is 12.4 Å². The molecule has 16 heavy (non-hydrogen) atoms. The Labute approximate surface area is 130 Å². The Morgan fingerprint density at radius 1 is 1.31 bits per heavy atom. The molecule has 0 aliphatic heterocycles. The molecule has 0 fully saturated rings. The van der Waals surface area contributed by atoms with E-state index < -0.39 is 24.8 Å². The SMILES string of the molecule is C=CC(S(=O)(=O)OS)S(=O)(=O)OCCS.[H-].[Na+]. The van der Waals surface area contributed by atoms with Gasteiger partial charge in [-0.2, -0.15) is 33.1 Å². The molecule has 1 unspecified atom stereocenters. The largest absolute Gasteiger partial charge is 1.00 e. The van der Waals surface area contributed by atoms with Crippen LogP contribution < -0.4 is 29.6 Å². The Bertz CT molecular complexity index is 406. The zero-order valence-electron chi connectivity index (χ0n) is 9.44. The normalized spacial score (nSPS) is 13.9. The Morgan fingerprint density at radius 2 is 1.81 bits per heavy atom. The van der Waals surface area contributed by atoms with Crippen molar-refractivity contribution in [3.05, 3.63) is 12.7 Å². The van der Waals surface area contributed by atoms with E-state index in [4.69, 9.17) is 0 Å². The Kier molecular flexibility index (Phi) is 10.3. The van der Waals surface area contributed by atoms with Gasteiger partial charge in [-0.25, -0.2) is 0 Å². The van der Waals surface area contributed by atoms with Crippen molar-refractivity contribution in [1.82, 2.24) is 0 Å². The Morgan fingerprint density at radius 3 is 2.12 bits per heavy atom. The van der Waals surface area contributed by atoms with Gasteiger partial charge in [-0.05, 0) is 12.9 Å². The summed E-state index contributed by atoms with van der Waals surface area (Å²) in [6.45, 7) is 2.84. The van der Waals surface area contributed by atoms with Crippen LogP contribution in [0.3, 0.4) is 0 Å². The first-order valence-electron chi connectivity index (χ1n) is 3.50. The van der Waals surface area contributed by atoms with Crippen LogP contribution in [0.1, 0.15) is 1.43 Å². The molecule has 11 heteroatoms. The quantitative estimate of drug-likeness (QED) is 0.172. The molecule has 0 aromatic rings. The van der Waals surface area contributed by atoms with Crippen molar-refractivity contribution in [1.29, 1.82) is 0 Å². The van der Waals surface area contributed by atoms with Crippen LogP contribution in [-0.4, -0.2) is 33.8 Å². The fourth-order valence-electron chi connectivity index (χ4n) is 0.643. The molecule has 92 valence electrons. The summed E-state index contributed by atoms with van der Waals surface area (Å²) < 4.78 is 50.9. The van der Waals surface area contributed by atoms with Crippen molar-refractivity contribution in [3.63, 3.8) is 0 Å². The molecule has 0 aromatic carbocycles. The van der Waals surface area contributed by atoms with Gasteiger partial charge in [-0.1, -0.05) is 6.08 Å². The van der Waals surface area contributed by atoms with Crippen LogP contribution in [-0.2, 0) is 28.0 Å². The topological polar surface area (TPSA) is 86.7 Å². The molecule has 0 rings (SSSR count). The zero-order valence-corrected chi connectivity index (χ0v) is 13.9. The molecule has 0 heterocycles. The molecule has 0 amide bonds. The predicted molar refractivity (Wildman–Crippen MR) is 62.8 cm³/mol. The smallest absolute Gasteiger partial charge is 1.00 e. The summed E-state index contributed by atoms with van der Waals surface area (Å²) in [7, 11) is -8.72. The fraction of sp³-hybridized carbons (Fsp3) is 0.600. The van der Waals surface area contributed by atoms with Gasteiger partial charge in [0, 0.05) is 5.75 Å². The van der Waals surface area contributed by atoms with Crippen LogP contribution in [0.4, 0.5) is 0 Å². The molecule has 6 nitrogen and oxygen atoms in total. The van der Waals surface area contributed by atoms with Gasteiger partial charge in [-0.15, -0.1) is 6.58 Å². The third kappa shape index (κ3) is 5.74. The fourth-order valence-corrected chi connectivity index (χ4v) is 3.76. The number of rotatable bonds is 7. The molecule has 0 N–H and O–H groups in total. The van der Waals surface area contributed by atoms with E-state index in [0.717, 1.165) is 0 Å². The molecule has 0 spiro atoms. The second kappa shape index (κ2) is 8.38. The summed E-state index contributed by atoms with van der Waals surface area (Å²) in [4.78, 5) is 0. The minimum absolute atomic E-state index is 0. The second-order valence-corrected chi connectivity index (χ2v) is 6.77. The van der Waals surface area contributed by atoms with Crippen molar-refractivity contribution < 1.29 is 55.6 Å². The minimum Gasteiger partial charge on any atom is -1.00 e. The molecular formula is C5H11NaO6S4. The maximum absolute atomic E-state index is 11.3. The van der Waals surface area contributed by atoms with Crippen LogP contribution in [0.25, 0.3) is 0 Å². The molecule has 0 saturated carbocycles. The van der Waals surface area contributed by atoms with E-state index in [1.807, 2.05) is 0 Å². The average molecular weight is 318 g/mol. The molecule has 0 aliphatic carbocycles. The Hall–Kier alpha value is 1.26. The van der Waals surface area contributed by atoms with E-state index >= 15 is 0 Å².